The molecule has 4 aliphatic rings. The highest BCUT2D eigenvalue weighted by Crippen LogP contribution is 2.39. The molecule has 2 unspecified atom stereocenters. The highest BCUT2D eigenvalue weighted by Gasteiger charge is 2.41. The molecule has 0 bridgehead atoms. The maximum absolute atomic E-state index is 14.3. The third-order valence-corrected chi connectivity index (χ3v) is 13.9. The van der Waals surface area contributed by atoms with Crippen LogP contribution in [-0.2, 0) is 14.2 Å². The van der Waals surface area contributed by atoms with Gasteiger partial charge in [0.15, 0.2) is 23.0 Å². The number of likely N-dealkylation sites (tertiary alicyclic amines) is 2. The van der Waals surface area contributed by atoms with Gasteiger partial charge in [-0.05, 0) is 92.8 Å². The molecular weight excluding hydrogens is 859 g/mol. The molecule has 2 aromatic carbocycles. The summed E-state index contributed by atoms with van der Waals surface area (Å²) in [6.45, 7) is 11.4. The van der Waals surface area contributed by atoms with Crippen LogP contribution in [-0.4, -0.2) is 123 Å². The summed E-state index contributed by atoms with van der Waals surface area (Å²) in [5.41, 5.74) is 9.56. The quantitative estimate of drug-likeness (QED) is 0.0481. The molecular formula is C47H59N5O10S2. The number of ether oxygens (including phenoxy) is 7. The van der Waals surface area contributed by atoms with Gasteiger partial charge in [-0.1, -0.05) is 41.2 Å². The van der Waals surface area contributed by atoms with Crippen LogP contribution in [0.4, 0.5) is 16.2 Å². The van der Waals surface area contributed by atoms with Crippen molar-refractivity contribution in [3.05, 3.63) is 84.1 Å². The van der Waals surface area contributed by atoms with Crippen molar-refractivity contribution in [3.63, 3.8) is 0 Å². The number of nitrogens with one attached hydrogen (secondary N) is 1. The summed E-state index contributed by atoms with van der Waals surface area (Å²) >= 11 is 0. The number of nitrogens with zero attached hydrogens (tertiary/aromatic N) is 3. The second-order valence-electron chi connectivity index (χ2n) is 16.2. The van der Waals surface area contributed by atoms with Gasteiger partial charge in [0.25, 0.3) is 11.8 Å². The van der Waals surface area contributed by atoms with E-state index < -0.39 is 6.09 Å². The monoisotopic (exact) mass is 917 g/mol. The Morgan fingerprint density at radius 2 is 1.39 bits per heavy atom. The van der Waals surface area contributed by atoms with Crippen LogP contribution in [0.3, 0.4) is 0 Å². The Hall–Kier alpha value is -5.10. The molecule has 17 heteroatoms. The Morgan fingerprint density at radius 1 is 0.797 bits per heavy atom. The minimum atomic E-state index is -0.698. The van der Waals surface area contributed by atoms with Gasteiger partial charge < -0.3 is 48.7 Å². The number of carbonyl (C=O) groups excluding carboxylic acids is 3. The molecule has 1 aromatic heterocycles. The fourth-order valence-corrected chi connectivity index (χ4v) is 10.3. The third-order valence-electron chi connectivity index (χ3n) is 11.7. The van der Waals surface area contributed by atoms with Crippen LogP contribution in [0.15, 0.2) is 78.0 Å². The molecule has 0 saturated carbocycles. The van der Waals surface area contributed by atoms with Gasteiger partial charge >= 0.3 is 6.09 Å². The fourth-order valence-electron chi connectivity index (χ4n) is 8.59. The first-order valence-electron chi connectivity index (χ1n) is 21.9. The number of pyridine rings is 1. The molecule has 5 heterocycles. The van der Waals surface area contributed by atoms with Crippen LogP contribution < -0.4 is 30.0 Å². The molecule has 15 nitrogen and oxygen atoms in total. The third kappa shape index (κ3) is 11.8. The number of hydrogen-bond donors (Lipinski definition) is 2. The maximum Gasteiger partial charge on any atom is 0.411 e. The minimum absolute atomic E-state index is 0.00231. The van der Waals surface area contributed by atoms with E-state index in [1.54, 1.807) is 35.4 Å². The second-order valence-corrected chi connectivity index (χ2v) is 18.7. The van der Waals surface area contributed by atoms with Crippen molar-refractivity contribution in [2.75, 3.05) is 77.1 Å². The van der Waals surface area contributed by atoms with Crippen LogP contribution in [0.1, 0.15) is 78.5 Å². The Balaban J connectivity index is 0.946. The topological polar surface area (TPSA) is 173 Å². The molecule has 4 atom stereocenters. The predicted molar refractivity (Wildman–Crippen MR) is 248 cm³/mol. The zero-order chi connectivity index (χ0) is 45.0. The molecule has 0 radical (unpaired) electrons. The van der Waals surface area contributed by atoms with E-state index >= 15 is 0 Å². The standard InChI is InChI=1S/C47H59N5O10S2/c1-30-22-36(38-12-10-18-58-38)51(28-30)45(53)32-24-40(56-3)42(26-34(32)48)60-16-8-5-9-17-61-43-27-35(50-47(55)62-20-21-63-64-44-14-6-7-15-49-44)33(25-41(43)57-4)46(54)52-29-31(2)23-37(52)39-13-11-19-59-39/h6-7,14-15,24-27,36-39H,1-2,5,8-13,16-23,28-29,48H2,3-4H3,(H,50,55)/t36-,37-,38?,39?/m0/s1. The van der Waals surface area contributed by atoms with Crippen molar-refractivity contribution in [3.8, 4) is 23.0 Å². The highest BCUT2D eigenvalue weighted by atomic mass is 33.1. The summed E-state index contributed by atoms with van der Waals surface area (Å²) in [7, 11) is 6.07. The number of carbonyl (C=O) groups is 3. The molecule has 3 amide bonds. The summed E-state index contributed by atoms with van der Waals surface area (Å²) in [6.07, 6.45) is 8.15. The Labute approximate surface area is 383 Å². The van der Waals surface area contributed by atoms with E-state index in [4.69, 9.17) is 38.9 Å². The summed E-state index contributed by atoms with van der Waals surface area (Å²) in [5.74, 6) is 1.67. The number of aromatic nitrogens is 1. The van der Waals surface area contributed by atoms with E-state index in [9.17, 15) is 14.4 Å². The number of methoxy groups -OCH3 is 2. The van der Waals surface area contributed by atoms with Gasteiger partial charge in [-0.25, -0.2) is 9.78 Å². The molecule has 3 N–H and O–H groups in total. The number of hydrogen-bond acceptors (Lipinski definition) is 14. The highest BCUT2D eigenvalue weighted by molar-refractivity contribution is 8.76. The van der Waals surface area contributed by atoms with Gasteiger partial charge in [0.2, 0.25) is 0 Å². The lowest BCUT2D eigenvalue weighted by Gasteiger charge is -2.29. The number of nitrogens with two attached hydrogens (primary N) is 1. The number of amides is 3. The molecule has 0 aliphatic carbocycles. The lowest BCUT2D eigenvalue weighted by Crippen LogP contribution is -2.42. The van der Waals surface area contributed by atoms with Crippen LogP contribution in [0.5, 0.6) is 23.0 Å². The van der Waals surface area contributed by atoms with E-state index in [0.717, 1.165) is 54.7 Å². The zero-order valence-electron chi connectivity index (χ0n) is 36.7. The summed E-state index contributed by atoms with van der Waals surface area (Å²) in [6, 6.07) is 12.0. The molecule has 0 spiro atoms. The van der Waals surface area contributed by atoms with E-state index in [1.165, 1.54) is 35.8 Å². The average Bonchev–Trinajstić information content (AvgIpc) is 4.15. The molecule has 7 rings (SSSR count). The van der Waals surface area contributed by atoms with Gasteiger partial charge in [-0.2, -0.15) is 0 Å². The zero-order valence-corrected chi connectivity index (χ0v) is 38.3. The molecule has 4 saturated heterocycles. The Kier molecular flexibility index (Phi) is 16.6. The minimum Gasteiger partial charge on any atom is -0.493 e. The van der Waals surface area contributed by atoms with Crippen LogP contribution in [0.25, 0.3) is 0 Å². The van der Waals surface area contributed by atoms with Crippen molar-refractivity contribution < 1.29 is 47.5 Å². The maximum atomic E-state index is 14.3. The van der Waals surface area contributed by atoms with E-state index in [-0.39, 0.29) is 54.0 Å². The van der Waals surface area contributed by atoms with E-state index in [1.807, 2.05) is 23.1 Å². The lowest BCUT2D eigenvalue weighted by molar-refractivity contribution is 0.0340. The second kappa shape index (κ2) is 22.7. The first kappa shape index (κ1) is 46.9. The van der Waals surface area contributed by atoms with Crippen molar-refractivity contribution >= 4 is 50.9 Å². The predicted octanol–water partition coefficient (Wildman–Crippen LogP) is 8.20. The van der Waals surface area contributed by atoms with Crippen LogP contribution in [0.2, 0.25) is 0 Å². The normalized spacial score (nSPS) is 20.7. The number of anilines is 2. The summed E-state index contributed by atoms with van der Waals surface area (Å²) < 4.78 is 41.1. The average molecular weight is 918 g/mol. The number of nitrogen functional groups attached to an aromatic ring is 1. The van der Waals surface area contributed by atoms with Gasteiger partial charge in [0.05, 0.1) is 68.5 Å². The number of unbranched alkanes of at least 4 members (excludes halogenated alkanes) is 2. The van der Waals surface area contributed by atoms with Gasteiger partial charge in [0.1, 0.15) is 11.6 Å². The smallest absolute Gasteiger partial charge is 0.411 e. The van der Waals surface area contributed by atoms with Crippen molar-refractivity contribution in [2.45, 2.75) is 87.1 Å². The molecule has 344 valence electrons. The van der Waals surface area contributed by atoms with Crippen LogP contribution >= 0.6 is 21.6 Å². The van der Waals surface area contributed by atoms with Crippen LogP contribution in [0, 0.1) is 0 Å². The fraction of sp³-hybridized carbons (Fsp3) is 0.489. The largest absolute Gasteiger partial charge is 0.493 e. The van der Waals surface area contributed by atoms with Crippen molar-refractivity contribution in [1.29, 1.82) is 0 Å². The molecule has 4 fully saturated rings. The summed E-state index contributed by atoms with van der Waals surface area (Å²) in [4.78, 5) is 49.2. The number of rotatable bonds is 20. The van der Waals surface area contributed by atoms with Crippen molar-refractivity contribution in [2.24, 2.45) is 0 Å². The number of benzene rings is 2. The SMILES string of the molecule is C=C1C[C@@H](C2CCCO2)N(C(=O)c2cc(OC)c(OCCCCCOc3cc(NC(=O)OCCSSc4ccccn4)c(C(=O)N4CC(=C)C[C@H]4C4CCCO4)cc3OC)cc2N)C1. The Morgan fingerprint density at radius 3 is 1.95 bits per heavy atom. The first-order valence-corrected chi connectivity index (χ1v) is 24.2. The van der Waals surface area contributed by atoms with Crippen molar-refractivity contribution in [1.82, 2.24) is 14.8 Å². The van der Waals surface area contributed by atoms with E-state index in [2.05, 4.69) is 23.5 Å². The Bertz CT molecular complexity index is 2130. The van der Waals surface area contributed by atoms with Gasteiger partial charge in [0, 0.05) is 56.1 Å². The van der Waals surface area contributed by atoms with E-state index in [0.29, 0.717) is 98.8 Å². The molecule has 64 heavy (non-hydrogen) atoms. The lowest BCUT2D eigenvalue weighted by atomic mass is 10.0. The van der Waals surface area contributed by atoms with Gasteiger partial charge in [-0.15, -0.1) is 0 Å². The molecule has 3 aromatic rings. The molecule has 4 aliphatic heterocycles. The first-order chi connectivity index (χ1) is 31.1. The summed E-state index contributed by atoms with van der Waals surface area (Å²) in [5, 5.41) is 3.67. The van der Waals surface area contributed by atoms with Gasteiger partial charge in [-0.3, -0.25) is 14.9 Å².